The number of aryl methyl sites for hydroxylation is 1. The molecule has 1 amide bonds. The van der Waals surface area contributed by atoms with E-state index >= 15 is 0 Å². The zero-order valence-electron chi connectivity index (χ0n) is 16.0. The predicted octanol–water partition coefficient (Wildman–Crippen LogP) is 3.34. The molecule has 0 aliphatic rings. The number of methoxy groups -OCH3 is 1. The molecule has 0 spiro atoms. The van der Waals surface area contributed by atoms with Crippen LogP contribution < -0.4 is 10.9 Å². The van der Waals surface area contributed by atoms with Crippen LogP contribution in [-0.4, -0.2) is 34.9 Å². The van der Waals surface area contributed by atoms with Gasteiger partial charge in [0.2, 0.25) is 5.91 Å². The van der Waals surface area contributed by atoms with Crippen LogP contribution in [0.1, 0.15) is 12.5 Å². The average Bonchev–Trinajstić information content (AvgIpc) is 2.72. The van der Waals surface area contributed by atoms with Crippen LogP contribution in [0, 0.1) is 0 Å². The number of ether oxygens (including phenoxy) is 1. The number of benzene rings is 2. The van der Waals surface area contributed by atoms with Gasteiger partial charge in [0, 0.05) is 12.8 Å². The first-order valence-corrected chi connectivity index (χ1v) is 10.1. The number of fused-ring (bicyclic) bond motifs is 1. The first-order chi connectivity index (χ1) is 13.6. The van der Waals surface area contributed by atoms with Gasteiger partial charge in [-0.3, -0.25) is 14.2 Å². The van der Waals surface area contributed by atoms with E-state index in [9.17, 15) is 9.59 Å². The van der Waals surface area contributed by atoms with Gasteiger partial charge in [-0.25, -0.2) is 4.98 Å². The lowest BCUT2D eigenvalue weighted by molar-refractivity contribution is -0.113. The molecule has 0 atom stereocenters. The molecule has 1 N–H and O–H groups in total. The topological polar surface area (TPSA) is 73.2 Å². The van der Waals surface area contributed by atoms with E-state index in [4.69, 9.17) is 4.74 Å². The van der Waals surface area contributed by atoms with Crippen molar-refractivity contribution in [2.75, 3.05) is 24.8 Å². The quantitative estimate of drug-likeness (QED) is 0.466. The Morgan fingerprint density at radius 3 is 2.82 bits per heavy atom. The van der Waals surface area contributed by atoms with E-state index in [1.165, 1.54) is 11.8 Å². The Kier molecular flexibility index (Phi) is 6.84. The van der Waals surface area contributed by atoms with Gasteiger partial charge in [-0.05, 0) is 36.2 Å². The number of carbonyl (C=O) groups excluding carboxylic acids is 1. The summed E-state index contributed by atoms with van der Waals surface area (Å²) in [5, 5.41) is 3.97. The molecule has 7 heteroatoms. The summed E-state index contributed by atoms with van der Waals surface area (Å²) >= 11 is 1.25. The summed E-state index contributed by atoms with van der Waals surface area (Å²) < 4.78 is 6.69. The molecule has 3 rings (SSSR count). The second-order valence-electron chi connectivity index (χ2n) is 6.25. The van der Waals surface area contributed by atoms with E-state index in [1.54, 1.807) is 23.8 Å². The van der Waals surface area contributed by atoms with E-state index in [0.717, 1.165) is 17.7 Å². The molecule has 0 unspecified atom stereocenters. The first kappa shape index (κ1) is 20.1. The largest absolute Gasteiger partial charge is 0.383 e. The second kappa shape index (κ2) is 9.52. The fourth-order valence-electron chi connectivity index (χ4n) is 2.83. The summed E-state index contributed by atoms with van der Waals surface area (Å²) in [6.07, 6.45) is 0.908. The number of thioether (sulfide) groups is 1. The molecule has 0 aliphatic heterocycles. The van der Waals surface area contributed by atoms with Gasteiger partial charge in [-0.1, -0.05) is 43.0 Å². The van der Waals surface area contributed by atoms with Crippen molar-refractivity contribution in [1.82, 2.24) is 9.55 Å². The highest BCUT2D eigenvalue weighted by Crippen LogP contribution is 2.19. The van der Waals surface area contributed by atoms with Crippen LogP contribution in [0.3, 0.4) is 0 Å². The third-order valence-corrected chi connectivity index (χ3v) is 5.27. The molecule has 1 aromatic heterocycles. The maximum Gasteiger partial charge on any atom is 0.262 e. The number of hydrogen-bond donors (Lipinski definition) is 1. The van der Waals surface area contributed by atoms with Crippen molar-refractivity contribution in [2.24, 2.45) is 0 Å². The molecule has 28 heavy (non-hydrogen) atoms. The molecule has 0 bridgehead atoms. The maximum absolute atomic E-state index is 12.8. The number of amides is 1. The Morgan fingerprint density at radius 1 is 1.21 bits per heavy atom. The Hall–Kier alpha value is -2.64. The molecule has 6 nitrogen and oxygen atoms in total. The third-order valence-electron chi connectivity index (χ3n) is 4.30. The number of para-hydroxylation sites is 1. The van der Waals surface area contributed by atoms with Crippen LogP contribution in [-0.2, 0) is 22.5 Å². The van der Waals surface area contributed by atoms with Gasteiger partial charge >= 0.3 is 0 Å². The molecular weight excluding hydrogens is 374 g/mol. The zero-order valence-corrected chi connectivity index (χ0v) is 16.8. The van der Waals surface area contributed by atoms with Gasteiger partial charge in [-0.2, -0.15) is 0 Å². The number of aromatic nitrogens is 2. The summed E-state index contributed by atoms with van der Waals surface area (Å²) in [5.41, 5.74) is 2.43. The number of carbonyl (C=O) groups is 1. The summed E-state index contributed by atoms with van der Waals surface area (Å²) in [5.74, 6) is 0.0210. The highest BCUT2D eigenvalue weighted by atomic mass is 32.2. The predicted molar refractivity (Wildman–Crippen MR) is 113 cm³/mol. The molecule has 0 radical (unpaired) electrons. The van der Waals surface area contributed by atoms with Gasteiger partial charge in [-0.15, -0.1) is 0 Å². The number of nitrogens with one attached hydrogen (secondary N) is 1. The van der Waals surface area contributed by atoms with Crippen molar-refractivity contribution < 1.29 is 9.53 Å². The molecule has 0 aliphatic carbocycles. The Labute approximate surface area is 167 Å². The number of anilines is 1. The van der Waals surface area contributed by atoms with Crippen molar-refractivity contribution in [3.8, 4) is 0 Å². The van der Waals surface area contributed by atoms with Gasteiger partial charge < -0.3 is 10.1 Å². The molecule has 1 heterocycles. The van der Waals surface area contributed by atoms with Crippen LogP contribution in [0.4, 0.5) is 5.69 Å². The van der Waals surface area contributed by atoms with Crippen LogP contribution in [0.15, 0.2) is 58.5 Å². The molecular formula is C21H23N3O3S. The lowest BCUT2D eigenvalue weighted by atomic mass is 10.1. The van der Waals surface area contributed by atoms with Crippen LogP contribution >= 0.6 is 11.8 Å². The second-order valence-corrected chi connectivity index (χ2v) is 7.19. The van der Waals surface area contributed by atoms with Crippen molar-refractivity contribution in [3.63, 3.8) is 0 Å². The molecule has 146 valence electrons. The molecule has 2 aromatic carbocycles. The van der Waals surface area contributed by atoms with E-state index in [1.807, 2.05) is 36.4 Å². The maximum atomic E-state index is 12.8. The monoisotopic (exact) mass is 397 g/mol. The van der Waals surface area contributed by atoms with Crippen LogP contribution in [0.2, 0.25) is 0 Å². The number of rotatable bonds is 8. The first-order valence-electron chi connectivity index (χ1n) is 9.12. The fraction of sp³-hybridized carbons (Fsp3) is 0.286. The summed E-state index contributed by atoms with van der Waals surface area (Å²) in [6.45, 7) is 2.85. The van der Waals surface area contributed by atoms with E-state index in [2.05, 4.69) is 17.2 Å². The minimum atomic E-state index is -0.140. The highest BCUT2D eigenvalue weighted by molar-refractivity contribution is 7.99. The Balaban J connectivity index is 1.78. The van der Waals surface area contributed by atoms with Crippen molar-refractivity contribution >= 4 is 34.3 Å². The molecule has 0 saturated carbocycles. The third kappa shape index (κ3) is 4.79. The van der Waals surface area contributed by atoms with Crippen molar-refractivity contribution in [2.45, 2.75) is 25.0 Å². The average molecular weight is 398 g/mol. The number of nitrogens with zero attached hydrogens (tertiary/aromatic N) is 2. The minimum Gasteiger partial charge on any atom is -0.383 e. The van der Waals surface area contributed by atoms with Gasteiger partial charge in [0.1, 0.15) is 0 Å². The van der Waals surface area contributed by atoms with Crippen LogP contribution in [0.25, 0.3) is 10.9 Å². The molecule has 0 fully saturated rings. The van der Waals surface area contributed by atoms with Gasteiger partial charge in [0.15, 0.2) is 5.16 Å². The van der Waals surface area contributed by atoms with Gasteiger partial charge in [0.05, 0.1) is 29.8 Å². The SMILES string of the molecule is CCc1cccc(NC(=O)CSc2nc3ccccc3c(=O)n2CCOC)c1. The summed E-state index contributed by atoms with van der Waals surface area (Å²) in [7, 11) is 1.59. The fourth-order valence-corrected chi connectivity index (χ4v) is 3.66. The van der Waals surface area contributed by atoms with Crippen molar-refractivity contribution in [1.29, 1.82) is 0 Å². The van der Waals surface area contributed by atoms with Crippen LogP contribution in [0.5, 0.6) is 0 Å². The summed E-state index contributed by atoms with van der Waals surface area (Å²) in [4.78, 5) is 29.8. The Morgan fingerprint density at radius 2 is 2.04 bits per heavy atom. The smallest absolute Gasteiger partial charge is 0.262 e. The summed E-state index contributed by atoms with van der Waals surface area (Å²) in [6, 6.07) is 15.0. The lowest BCUT2D eigenvalue weighted by Gasteiger charge is -2.13. The highest BCUT2D eigenvalue weighted by Gasteiger charge is 2.13. The van der Waals surface area contributed by atoms with E-state index in [-0.39, 0.29) is 17.2 Å². The lowest BCUT2D eigenvalue weighted by Crippen LogP contribution is -2.26. The van der Waals surface area contributed by atoms with Gasteiger partial charge in [0.25, 0.3) is 5.56 Å². The van der Waals surface area contributed by atoms with E-state index < -0.39 is 0 Å². The molecule has 0 saturated heterocycles. The van der Waals surface area contributed by atoms with Crippen molar-refractivity contribution in [3.05, 3.63) is 64.4 Å². The molecule has 3 aromatic rings. The zero-order chi connectivity index (χ0) is 19.9. The minimum absolute atomic E-state index is 0.124. The normalized spacial score (nSPS) is 10.9. The van der Waals surface area contributed by atoms with E-state index in [0.29, 0.717) is 29.2 Å². The standard InChI is InChI=1S/C21H23N3O3S/c1-3-15-7-6-8-16(13-15)22-19(25)14-28-21-23-18-10-5-4-9-17(18)20(26)24(21)11-12-27-2/h4-10,13H,3,11-12,14H2,1-2H3,(H,22,25). The Bertz CT molecular complexity index is 1030. The number of hydrogen-bond acceptors (Lipinski definition) is 5.